The van der Waals surface area contributed by atoms with Crippen LogP contribution in [-0.4, -0.2) is 11.4 Å². The molecule has 8 aromatic carbocycles. The molecule has 77 heavy (non-hydrogen) atoms. The Morgan fingerprint density at radius 1 is 0.429 bits per heavy atom. The Morgan fingerprint density at radius 3 is 1.62 bits per heavy atom. The molecule has 8 saturated carbocycles. The molecule has 3 heterocycles. The normalized spacial score (nSPS) is 28.9. The number of fused-ring (bicyclic) bond motifs is 14. The Hall–Kier alpha value is -6.58. The predicted molar refractivity (Wildman–Crippen MR) is 320 cm³/mol. The molecule has 0 spiro atoms. The zero-order valence-corrected chi connectivity index (χ0v) is 45.4. The van der Waals surface area contributed by atoms with Gasteiger partial charge in [-0.2, -0.15) is 0 Å². The predicted octanol–water partition coefficient (Wildman–Crippen LogP) is 17.2. The molecular weight excluding hydrogens is 928 g/mol. The maximum absolute atomic E-state index is 2.89. The van der Waals surface area contributed by atoms with Crippen LogP contribution in [0, 0.1) is 35.5 Å². The van der Waals surface area contributed by atoms with Crippen LogP contribution in [0.3, 0.4) is 0 Å². The van der Waals surface area contributed by atoms with Gasteiger partial charge in [0.15, 0.2) is 0 Å². The van der Waals surface area contributed by atoms with Gasteiger partial charge < -0.3 is 9.38 Å². The second-order valence-corrected chi connectivity index (χ2v) is 28.5. The SMILES string of the molecule is CC1(C)c2ccccc2-c2cc3c(cc21)N(c1ccc(-c2ccccc2)cc1)B1c2c-3cc3c(c2-n2c4ccc(C56CC7CC(CC(C7)C5)C6)cc4c4cc(C56CC7CC(CC(C7)C5)C6)cc1c42)C(C)(C)c1ccccc1-3. The first-order valence-electron chi connectivity index (χ1n) is 30.2. The van der Waals surface area contributed by atoms with Gasteiger partial charge in [0.05, 0.1) is 11.0 Å². The van der Waals surface area contributed by atoms with Crippen LogP contribution in [0.4, 0.5) is 11.4 Å². The van der Waals surface area contributed by atoms with Crippen LogP contribution < -0.4 is 15.7 Å². The maximum Gasteiger partial charge on any atom is 0.333 e. The van der Waals surface area contributed by atoms with Crippen molar-refractivity contribution in [3.63, 3.8) is 0 Å². The Morgan fingerprint density at radius 2 is 0.974 bits per heavy atom. The summed E-state index contributed by atoms with van der Waals surface area (Å²) in [6.07, 6.45) is 17.1. The fourth-order valence-electron chi connectivity index (χ4n) is 21.3. The van der Waals surface area contributed by atoms with E-state index in [1.54, 1.807) is 11.1 Å². The van der Waals surface area contributed by atoms with Crippen molar-refractivity contribution in [2.45, 2.75) is 126 Å². The largest absolute Gasteiger partial charge is 0.376 e. The second kappa shape index (κ2) is 14.4. The average Bonchev–Trinajstić information content (AvgIpc) is 4.10. The van der Waals surface area contributed by atoms with Gasteiger partial charge in [-0.25, -0.2) is 0 Å². The molecule has 21 rings (SSSR count). The molecule has 0 saturated heterocycles. The molecule has 12 aliphatic rings. The fraction of sp³-hybridized carbons (Fsp3) is 0.351. The third kappa shape index (κ3) is 5.46. The zero-order chi connectivity index (χ0) is 50.6. The average molecular weight is 995 g/mol. The summed E-state index contributed by atoms with van der Waals surface area (Å²) >= 11 is 0. The van der Waals surface area contributed by atoms with Crippen LogP contribution in [0.1, 0.15) is 138 Å². The summed E-state index contributed by atoms with van der Waals surface area (Å²) in [6, 6.07) is 61.4. The summed E-state index contributed by atoms with van der Waals surface area (Å²) in [6.45, 7) is 9.98. The Kier molecular flexibility index (Phi) is 8.10. The smallest absolute Gasteiger partial charge is 0.333 e. The van der Waals surface area contributed by atoms with Crippen molar-refractivity contribution in [1.82, 2.24) is 4.57 Å². The molecule has 376 valence electrons. The first kappa shape index (κ1) is 43.4. The number of aromatic nitrogens is 1. The van der Waals surface area contributed by atoms with E-state index in [-0.39, 0.29) is 23.1 Å². The number of hydrogen-bond donors (Lipinski definition) is 0. The standard InChI is InChI=1S/C74H67BN2/c1-71(2)61-16-10-8-14-53(61)55-33-57-59-34-58-54-15-9-11-17-62(54)72(3,4)67(58)70-68(59)75(77(66(57)35-63(55)71)52-21-18-49(19-22-52)48-12-6-5-7-13-48)64-32-51(74-39-45-27-46(40-74)29-47(28-45)41-74)31-60-56-30-50(20-23-65(56)76(70)69(60)64)73-36-42-24-43(37-73)26-44(25-42)38-73/h5-23,30-35,42-47H,24-29,36-41H2,1-4H3. The first-order chi connectivity index (χ1) is 37.5. The van der Waals surface area contributed by atoms with Gasteiger partial charge in [0, 0.05) is 44.2 Å². The monoisotopic (exact) mass is 995 g/mol. The molecule has 8 bridgehead atoms. The van der Waals surface area contributed by atoms with E-state index < -0.39 is 0 Å². The van der Waals surface area contributed by atoms with Gasteiger partial charge in [-0.3, -0.25) is 0 Å². The molecule has 0 N–H and O–H groups in total. The molecule has 3 heteroatoms. The summed E-state index contributed by atoms with van der Waals surface area (Å²) in [5.41, 5.74) is 30.2. The van der Waals surface area contributed by atoms with Gasteiger partial charge in [-0.05, 0) is 255 Å². The van der Waals surface area contributed by atoms with Crippen LogP contribution in [0.5, 0.6) is 0 Å². The highest BCUT2D eigenvalue weighted by atomic mass is 15.1. The number of hydrogen-bond acceptors (Lipinski definition) is 1. The molecule has 2 nitrogen and oxygen atoms in total. The Labute approximate surface area is 455 Å². The third-order valence-electron chi connectivity index (χ3n) is 23.6. The fourth-order valence-corrected chi connectivity index (χ4v) is 21.3. The zero-order valence-electron chi connectivity index (χ0n) is 45.4. The lowest BCUT2D eigenvalue weighted by molar-refractivity contribution is -0.00526. The van der Waals surface area contributed by atoms with E-state index >= 15 is 0 Å². The lowest BCUT2D eigenvalue weighted by Gasteiger charge is -2.57. The van der Waals surface area contributed by atoms with Gasteiger partial charge in [0.2, 0.25) is 0 Å². The van der Waals surface area contributed by atoms with Crippen molar-refractivity contribution in [2.24, 2.45) is 35.5 Å². The minimum atomic E-state index is -0.219. The van der Waals surface area contributed by atoms with Crippen LogP contribution >= 0.6 is 0 Å². The molecule has 10 aliphatic carbocycles. The summed E-state index contributed by atoms with van der Waals surface area (Å²) < 4.78 is 2.89. The van der Waals surface area contributed by atoms with Gasteiger partial charge in [-0.15, -0.1) is 0 Å². The Bertz CT molecular complexity index is 4060. The molecule has 0 radical (unpaired) electrons. The number of benzene rings is 8. The van der Waals surface area contributed by atoms with E-state index in [0.29, 0.717) is 5.41 Å². The lowest BCUT2D eigenvalue weighted by Crippen LogP contribution is -2.61. The number of anilines is 2. The van der Waals surface area contributed by atoms with Crippen molar-refractivity contribution in [3.05, 3.63) is 185 Å². The van der Waals surface area contributed by atoms with E-state index in [9.17, 15) is 0 Å². The third-order valence-corrected chi connectivity index (χ3v) is 23.6. The summed E-state index contributed by atoms with van der Waals surface area (Å²) in [5.74, 6) is 5.32. The van der Waals surface area contributed by atoms with Crippen LogP contribution in [-0.2, 0) is 21.7 Å². The van der Waals surface area contributed by atoms with E-state index in [4.69, 9.17) is 0 Å². The number of rotatable bonds is 4. The topological polar surface area (TPSA) is 8.17 Å². The van der Waals surface area contributed by atoms with E-state index in [0.717, 1.165) is 35.5 Å². The van der Waals surface area contributed by atoms with Crippen molar-refractivity contribution in [2.75, 3.05) is 4.81 Å². The molecule has 0 unspecified atom stereocenters. The molecule has 8 fully saturated rings. The van der Waals surface area contributed by atoms with E-state index in [1.807, 2.05) is 0 Å². The van der Waals surface area contributed by atoms with Gasteiger partial charge in [0.1, 0.15) is 0 Å². The van der Waals surface area contributed by atoms with Gasteiger partial charge >= 0.3 is 6.85 Å². The van der Waals surface area contributed by atoms with E-state index in [2.05, 4.69) is 189 Å². The molecular formula is C74H67BN2. The summed E-state index contributed by atoms with van der Waals surface area (Å²) in [4.78, 5) is 2.87. The number of nitrogens with zero attached hydrogens (tertiary/aromatic N) is 2. The van der Waals surface area contributed by atoms with Crippen molar-refractivity contribution in [3.8, 4) is 50.2 Å². The van der Waals surface area contributed by atoms with Crippen molar-refractivity contribution < 1.29 is 0 Å². The highest BCUT2D eigenvalue weighted by molar-refractivity contribution is 6.93. The van der Waals surface area contributed by atoms with Gasteiger partial charge in [-0.1, -0.05) is 131 Å². The summed E-state index contributed by atoms with van der Waals surface area (Å²) in [7, 11) is 0. The second-order valence-electron chi connectivity index (χ2n) is 28.5. The highest BCUT2D eigenvalue weighted by Crippen LogP contribution is 2.64. The van der Waals surface area contributed by atoms with Gasteiger partial charge in [0.25, 0.3) is 0 Å². The van der Waals surface area contributed by atoms with Crippen LogP contribution in [0.15, 0.2) is 152 Å². The van der Waals surface area contributed by atoms with Crippen molar-refractivity contribution >= 4 is 51.0 Å². The lowest BCUT2D eigenvalue weighted by atomic mass is 9.42. The van der Waals surface area contributed by atoms with Crippen LogP contribution in [0.2, 0.25) is 0 Å². The minimum Gasteiger partial charge on any atom is -0.376 e. The quantitative estimate of drug-likeness (QED) is 0.160. The van der Waals surface area contributed by atoms with Crippen LogP contribution in [0.25, 0.3) is 72.0 Å². The molecule has 0 amide bonds. The highest BCUT2D eigenvalue weighted by Gasteiger charge is 2.56. The van der Waals surface area contributed by atoms with E-state index in [1.165, 1.54) is 194 Å². The molecule has 2 aliphatic heterocycles. The summed E-state index contributed by atoms with van der Waals surface area (Å²) in [5, 5.41) is 3.02. The first-order valence-corrected chi connectivity index (χ1v) is 30.2. The van der Waals surface area contributed by atoms with Crippen molar-refractivity contribution in [1.29, 1.82) is 0 Å². The Balaban J connectivity index is 0.959. The molecule has 1 aromatic heterocycles. The minimum absolute atomic E-state index is 0.0411. The maximum atomic E-state index is 2.89. The molecule has 0 atom stereocenters. The molecule has 9 aromatic rings.